The molecule has 1 aromatic carbocycles. The van der Waals surface area contributed by atoms with Gasteiger partial charge in [-0.3, -0.25) is 5.10 Å². The van der Waals surface area contributed by atoms with E-state index in [0.29, 0.717) is 11.3 Å². The van der Waals surface area contributed by atoms with Crippen LogP contribution in [0, 0.1) is 5.82 Å². The van der Waals surface area contributed by atoms with Crippen LogP contribution in [0.25, 0.3) is 22.2 Å². The lowest BCUT2D eigenvalue weighted by molar-refractivity contribution is 0.637. The summed E-state index contributed by atoms with van der Waals surface area (Å²) in [4.78, 5) is 2.90. The van der Waals surface area contributed by atoms with E-state index in [0.717, 1.165) is 16.6 Å². The number of aromatic nitrogens is 3. The number of benzene rings is 1. The summed E-state index contributed by atoms with van der Waals surface area (Å²) in [7, 11) is 0. The highest BCUT2D eigenvalue weighted by Crippen LogP contribution is 2.28. The summed E-state index contributed by atoms with van der Waals surface area (Å²) in [6.45, 7) is 0. The molecule has 0 saturated carbocycles. The van der Waals surface area contributed by atoms with E-state index in [4.69, 9.17) is 5.73 Å². The van der Waals surface area contributed by atoms with Gasteiger partial charge in [-0.15, -0.1) is 0 Å². The molecule has 0 aliphatic heterocycles. The van der Waals surface area contributed by atoms with Crippen molar-refractivity contribution in [3.05, 3.63) is 36.3 Å². The van der Waals surface area contributed by atoms with Gasteiger partial charge in [0.1, 0.15) is 11.6 Å². The van der Waals surface area contributed by atoms with Crippen LogP contribution < -0.4 is 5.73 Å². The predicted molar refractivity (Wildman–Crippen MR) is 60.3 cm³/mol. The van der Waals surface area contributed by atoms with Crippen LogP contribution in [0.5, 0.6) is 0 Å². The van der Waals surface area contributed by atoms with Gasteiger partial charge in [0, 0.05) is 23.2 Å². The first-order valence-corrected chi connectivity index (χ1v) is 4.82. The third-order valence-corrected chi connectivity index (χ3v) is 2.55. The number of nitrogens with zero attached hydrogens (tertiary/aromatic N) is 1. The number of H-pyrrole nitrogens is 2. The normalized spacial score (nSPS) is 11.1. The molecule has 0 radical (unpaired) electrons. The highest BCUT2D eigenvalue weighted by Gasteiger charge is 2.10. The molecular formula is C11H9FN4. The first-order chi connectivity index (χ1) is 7.75. The van der Waals surface area contributed by atoms with E-state index >= 15 is 0 Å². The summed E-state index contributed by atoms with van der Waals surface area (Å²) >= 11 is 0. The second kappa shape index (κ2) is 3.10. The van der Waals surface area contributed by atoms with Gasteiger partial charge in [-0.25, -0.2) is 4.39 Å². The molecular weight excluding hydrogens is 207 g/mol. The van der Waals surface area contributed by atoms with Crippen LogP contribution in [0.4, 0.5) is 10.2 Å². The summed E-state index contributed by atoms with van der Waals surface area (Å²) in [6, 6.07) is 6.66. The van der Waals surface area contributed by atoms with Crippen LogP contribution in [0.15, 0.2) is 30.5 Å². The summed E-state index contributed by atoms with van der Waals surface area (Å²) < 4.78 is 13.4. The van der Waals surface area contributed by atoms with Crippen LogP contribution >= 0.6 is 0 Å². The molecule has 0 bridgehead atoms. The molecule has 16 heavy (non-hydrogen) atoms. The van der Waals surface area contributed by atoms with Crippen molar-refractivity contribution < 1.29 is 4.39 Å². The van der Waals surface area contributed by atoms with Crippen molar-refractivity contribution in [1.82, 2.24) is 15.2 Å². The van der Waals surface area contributed by atoms with Crippen LogP contribution in [0.1, 0.15) is 0 Å². The second-order valence-corrected chi connectivity index (χ2v) is 3.57. The lowest BCUT2D eigenvalue weighted by atomic mass is 10.1. The summed E-state index contributed by atoms with van der Waals surface area (Å²) in [5.74, 6) is 0.150. The molecule has 2 heterocycles. The molecule has 4 N–H and O–H groups in total. The monoisotopic (exact) mass is 216 g/mol. The average Bonchev–Trinajstić information content (AvgIpc) is 2.84. The Kier molecular flexibility index (Phi) is 1.73. The van der Waals surface area contributed by atoms with E-state index in [-0.39, 0.29) is 5.82 Å². The number of fused-ring (bicyclic) bond motifs is 1. The van der Waals surface area contributed by atoms with Crippen molar-refractivity contribution in [2.75, 3.05) is 5.73 Å². The number of nitrogen functional groups attached to an aromatic ring is 1. The second-order valence-electron chi connectivity index (χ2n) is 3.57. The molecule has 0 fully saturated rings. The van der Waals surface area contributed by atoms with Crippen LogP contribution in [-0.2, 0) is 0 Å². The summed E-state index contributed by atoms with van der Waals surface area (Å²) in [6.07, 6.45) is 1.74. The molecule has 4 nitrogen and oxygen atoms in total. The minimum atomic E-state index is -0.267. The van der Waals surface area contributed by atoms with Crippen molar-refractivity contribution >= 4 is 16.7 Å². The van der Waals surface area contributed by atoms with Crippen molar-refractivity contribution in [3.8, 4) is 11.3 Å². The van der Waals surface area contributed by atoms with E-state index in [9.17, 15) is 4.39 Å². The SMILES string of the molecule is Nc1cc(-c2c[nH]c3c(F)cccc23)[nH]n1. The Morgan fingerprint density at radius 1 is 1.31 bits per heavy atom. The fraction of sp³-hybridized carbons (Fsp3) is 0. The Labute approximate surface area is 90.3 Å². The number of anilines is 1. The number of rotatable bonds is 1. The van der Waals surface area contributed by atoms with Crippen molar-refractivity contribution in [2.24, 2.45) is 0 Å². The predicted octanol–water partition coefficient (Wildman–Crippen LogP) is 2.28. The lowest BCUT2D eigenvalue weighted by Gasteiger charge is -1.94. The Hall–Kier alpha value is -2.30. The van der Waals surface area contributed by atoms with Gasteiger partial charge < -0.3 is 10.7 Å². The Morgan fingerprint density at radius 2 is 2.19 bits per heavy atom. The molecule has 80 valence electrons. The maximum absolute atomic E-state index is 13.4. The Morgan fingerprint density at radius 3 is 2.94 bits per heavy atom. The largest absolute Gasteiger partial charge is 0.382 e. The first kappa shape index (κ1) is 8.96. The fourth-order valence-electron chi connectivity index (χ4n) is 1.82. The number of aromatic amines is 2. The van der Waals surface area contributed by atoms with Gasteiger partial charge in [0.25, 0.3) is 0 Å². The third-order valence-electron chi connectivity index (χ3n) is 2.55. The molecule has 0 atom stereocenters. The van der Waals surface area contributed by atoms with Gasteiger partial charge in [0.2, 0.25) is 0 Å². The van der Waals surface area contributed by atoms with Crippen molar-refractivity contribution in [1.29, 1.82) is 0 Å². The van der Waals surface area contributed by atoms with Crippen LogP contribution in [0.2, 0.25) is 0 Å². The molecule has 2 aromatic heterocycles. The number of nitrogens with two attached hydrogens (primary N) is 1. The molecule has 0 aliphatic carbocycles. The number of halogens is 1. The summed E-state index contributed by atoms with van der Waals surface area (Å²) in [5.41, 5.74) is 7.66. The maximum atomic E-state index is 13.4. The van der Waals surface area contributed by atoms with Gasteiger partial charge in [0.15, 0.2) is 0 Å². The van der Waals surface area contributed by atoms with E-state index in [1.165, 1.54) is 6.07 Å². The van der Waals surface area contributed by atoms with Crippen LogP contribution in [-0.4, -0.2) is 15.2 Å². The molecule has 0 aliphatic rings. The van der Waals surface area contributed by atoms with E-state index in [1.807, 2.05) is 6.07 Å². The molecule has 0 unspecified atom stereocenters. The molecule has 3 aromatic rings. The standard InChI is InChI=1S/C11H9FN4/c12-8-3-1-2-6-7(5-14-11(6)8)9-4-10(13)16-15-9/h1-5,14H,(H3,13,15,16). The highest BCUT2D eigenvalue weighted by atomic mass is 19.1. The van der Waals surface area contributed by atoms with Gasteiger partial charge in [-0.1, -0.05) is 12.1 Å². The quantitative estimate of drug-likeness (QED) is 0.584. The lowest BCUT2D eigenvalue weighted by Crippen LogP contribution is -1.81. The molecule has 5 heteroatoms. The van der Waals surface area contributed by atoms with E-state index in [1.54, 1.807) is 18.3 Å². The zero-order valence-corrected chi connectivity index (χ0v) is 8.29. The number of para-hydroxylation sites is 1. The fourth-order valence-corrected chi connectivity index (χ4v) is 1.82. The van der Waals surface area contributed by atoms with Gasteiger partial charge in [0.05, 0.1) is 11.2 Å². The number of hydrogen-bond donors (Lipinski definition) is 3. The molecule has 0 amide bonds. The van der Waals surface area contributed by atoms with Crippen LogP contribution in [0.3, 0.4) is 0 Å². The topological polar surface area (TPSA) is 70.5 Å². The highest BCUT2D eigenvalue weighted by molar-refractivity contribution is 5.95. The zero-order valence-electron chi connectivity index (χ0n) is 8.29. The van der Waals surface area contributed by atoms with E-state index in [2.05, 4.69) is 15.2 Å². The average molecular weight is 216 g/mol. The minimum absolute atomic E-state index is 0.267. The van der Waals surface area contributed by atoms with Gasteiger partial charge in [-0.2, -0.15) is 5.10 Å². The third kappa shape index (κ3) is 1.18. The Balaban J connectivity index is 2.29. The van der Waals surface area contributed by atoms with Gasteiger partial charge in [-0.05, 0) is 6.07 Å². The summed E-state index contributed by atoms with van der Waals surface area (Å²) in [5, 5.41) is 7.46. The van der Waals surface area contributed by atoms with Crippen molar-refractivity contribution in [3.63, 3.8) is 0 Å². The zero-order chi connectivity index (χ0) is 11.1. The number of nitrogens with one attached hydrogen (secondary N) is 2. The van der Waals surface area contributed by atoms with Gasteiger partial charge >= 0.3 is 0 Å². The smallest absolute Gasteiger partial charge is 0.147 e. The first-order valence-electron chi connectivity index (χ1n) is 4.82. The maximum Gasteiger partial charge on any atom is 0.147 e. The van der Waals surface area contributed by atoms with Crippen molar-refractivity contribution in [2.45, 2.75) is 0 Å². The molecule has 0 spiro atoms. The molecule has 3 rings (SSSR count). The van der Waals surface area contributed by atoms with E-state index < -0.39 is 0 Å². The Bertz CT molecular complexity index is 653. The minimum Gasteiger partial charge on any atom is -0.382 e. The number of hydrogen-bond acceptors (Lipinski definition) is 2. The molecule has 0 saturated heterocycles.